The molecule has 0 bridgehead atoms. The monoisotopic (exact) mass is 323 g/mol. The van der Waals surface area contributed by atoms with Crippen LogP contribution in [0.3, 0.4) is 0 Å². The van der Waals surface area contributed by atoms with Gasteiger partial charge in [0.25, 0.3) is 0 Å². The lowest BCUT2D eigenvalue weighted by molar-refractivity contribution is 0.791. The predicted molar refractivity (Wildman–Crippen MR) is 88.1 cm³/mol. The van der Waals surface area contributed by atoms with Crippen LogP contribution in [0.1, 0.15) is 34.8 Å². The molecular formula is C16H19Cl2N3. The van der Waals surface area contributed by atoms with E-state index < -0.39 is 0 Å². The van der Waals surface area contributed by atoms with E-state index in [-0.39, 0.29) is 0 Å². The standard InChI is InChI=1S/C16H19Cl2N3/c1-10-14(4-3-7-19)11(2)21-16(20-10)8-12-5-6-13(17)9-15(12)18/h5-6,9H,3-4,7-8,19H2,1-2H3. The van der Waals surface area contributed by atoms with E-state index in [1.165, 1.54) is 5.56 Å². The van der Waals surface area contributed by atoms with Gasteiger partial charge >= 0.3 is 0 Å². The summed E-state index contributed by atoms with van der Waals surface area (Å²) in [5.74, 6) is 0.783. The zero-order chi connectivity index (χ0) is 15.4. The van der Waals surface area contributed by atoms with Crippen LogP contribution in [0.2, 0.25) is 10.0 Å². The second-order valence-corrected chi connectivity index (χ2v) is 5.94. The Hall–Kier alpha value is -1.16. The van der Waals surface area contributed by atoms with Crippen molar-refractivity contribution in [1.82, 2.24) is 9.97 Å². The minimum Gasteiger partial charge on any atom is -0.330 e. The summed E-state index contributed by atoms with van der Waals surface area (Å²) >= 11 is 12.1. The van der Waals surface area contributed by atoms with Gasteiger partial charge in [0.2, 0.25) is 0 Å². The summed E-state index contributed by atoms with van der Waals surface area (Å²) in [5.41, 5.74) is 9.80. The van der Waals surface area contributed by atoms with Crippen LogP contribution in [0.15, 0.2) is 18.2 Å². The first-order valence-corrected chi connectivity index (χ1v) is 7.74. The van der Waals surface area contributed by atoms with E-state index >= 15 is 0 Å². The Morgan fingerprint density at radius 3 is 2.33 bits per heavy atom. The van der Waals surface area contributed by atoms with Crippen LogP contribution < -0.4 is 5.73 Å². The van der Waals surface area contributed by atoms with Crippen LogP contribution in [-0.2, 0) is 12.8 Å². The smallest absolute Gasteiger partial charge is 0.133 e. The molecule has 0 saturated heterocycles. The minimum atomic E-state index is 0.606. The molecule has 0 fully saturated rings. The molecule has 0 spiro atoms. The van der Waals surface area contributed by atoms with Crippen molar-refractivity contribution in [2.45, 2.75) is 33.1 Å². The second-order valence-electron chi connectivity index (χ2n) is 5.09. The Morgan fingerprint density at radius 2 is 1.76 bits per heavy atom. The first-order chi connectivity index (χ1) is 10.0. The van der Waals surface area contributed by atoms with Crippen LogP contribution >= 0.6 is 23.2 Å². The van der Waals surface area contributed by atoms with Crippen molar-refractivity contribution in [3.05, 3.63) is 56.6 Å². The fourth-order valence-electron chi connectivity index (χ4n) is 2.36. The largest absolute Gasteiger partial charge is 0.330 e. The maximum Gasteiger partial charge on any atom is 0.133 e. The first kappa shape index (κ1) is 16.2. The van der Waals surface area contributed by atoms with E-state index in [0.29, 0.717) is 23.0 Å². The van der Waals surface area contributed by atoms with Crippen molar-refractivity contribution in [2.24, 2.45) is 5.73 Å². The van der Waals surface area contributed by atoms with Gasteiger partial charge in [-0.15, -0.1) is 0 Å². The Balaban J connectivity index is 2.25. The molecule has 0 radical (unpaired) electrons. The number of hydrogen-bond donors (Lipinski definition) is 1. The van der Waals surface area contributed by atoms with Crippen molar-refractivity contribution in [2.75, 3.05) is 6.54 Å². The summed E-state index contributed by atoms with van der Waals surface area (Å²) in [7, 11) is 0. The van der Waals surface area contributed by atoms with Gasteiger partial charge in [-0.3, -0.25) is 0 Å². The predicted octanol–water partition coefficient (Wildman–Crippen LogP) is 3.88. The molecule has 0 amide bonds. The fourth-order valence-corrected chi connectivity index (χ4v) is 2.84. The second kappa shape index (κ2) is 7.21. The number of benzene rings is 1. The summed E-state index contributed by atoms with van der Waals surface area (Å²) in [5, 5.41) is 1.28. The third-order valence-corrected chi connectivity index (χ3v) is 4.05. The number of aromatic nitrogens is 2. The van der Waals surface area contributed by atoms with Crippen LogP contribution in [-0.4, -0.2) is 16.5 Å². The molecule has 0 aliphatic carbocycles. The van der Waals surface area contributed by atoms with E-state index in [4.69, 9.17) is 28.9 Å². The van der Waals surface area contributed by atoms with Crippen LogP contribution in [0.4, 0.5) is 0 Å². The van der Waals surface area contributed by atoms with Gasteiger partial charge in [0, 0.05) is 27.9 Å². The maximum absolute atomic E-state index is 6.20. The molecule has 5 heteroatoms. The van der Waals surface area contributed by atoms with Gasteiger partial charge in [-0.1, -0.05) is 29.3 Å². The van der Waals surface area contributed by atoms with Crippen molar-refractivity contribution < 1.29 is 0 Å². The molecule has 2 aromatic rings. The number of nitrogens with two attached hydrogens (primary N) is 1. The highest BCUT2D eigenvalue weighted by atomic mass is 35.5. The Kier molecular flexibility index (Phi) is 5.57. The van der Waals surface area contributed by atoms with E-state index in [1.807, 2.05) is 26.0 Å². The van der Waals surface area contributed by atoms with Crippen molar-refractivity contribution in [3.63, 3.8) is 0 Å². The third-order valence-electron chi connectivity index (χ3n) is 3.46. The zero-order valence-electron chi connectivity index (χ0n) is 12.3. The summed E-state index contributed by atoms with van der Waals surface area (Å²) in [6.07, 6.45) is 2.48. The van der Waals surface area contributed by atoms with Crippen molar-refractivity contribution in [3.8, 4) is 0 Å². The summed E-state index contributed by atoms with van der Waals surface area (Å²) in [4.78, 5) is 9.20. The number of hydrogen-bond acceptors (Lipinski definition) is 3. The molecule has 2 rings (SSSR count). The van der Waals surface area contributed by atoms with E-state index in [1.54, 1.807) is 6.07 Å². The molecule has 0 unspecified atom stereocenters. The van der Waals surface area contributed by atoms with Crippen molar-refractivity contribution in [1.29, 1.82) is 0 Å². The lowest BCUT2D eigenvalue weighted by atomic mass is 10.1. The Bertz CT molecular complexity index is 618. The quantitative estimate of drug-likeness (QED) is 0.908. The highest BCUT2D eigenvalue weighted by Crippen LogP contribution is 2.23. The average Bonchev–Trinajstić information content (AvgIpc) is 2.41. The molecule has 0 atom stereocenters. The van der Waals surface area contributed by atoms with Gasteiger partial charge in [0.15, 0.2) is 0 Å². The van der Waals surface area contributed by atoms with Gasteiger partial charge in [-0.25, -0.2) is 9.97 Å². The van der Waals surface area contributed by atoms with Gasteiger partial charge in [-0.2, -0.15) is 0 Å². The molecule has 3 nitrogen and oxygen atoms in total. The average molecular weight is 324 g/mol. The molecule has 0 aliphatic rings. The molecule has 0 aliphatic heterocycles. The lowest BCUT2D eigenvalue weighted by Gasteiger charge is -2.11. The number of rotatable bonds is 5. The summed E-state index contributed by atoms with van der Waals surface area (Å²) in [6.45, 7) is 4.72. The topological polar surface area (TPSA) is 51.8 Å². The fraction of sp³-hybridized carbons (Fsp3) is 0.375. The van der Waals surface area contributed by atoms with E-state index in [0.717, 1.165) is 35.6 Å². The molecule has 1 heterocycles. The molecule has 1 aromatic carbocycles. The number of halogens is 2. The molecule has 2 N–H and O–H groups in total. The Labute approximate surface area is 135 Å². The highest BCUT2D eigenvalue weighted by molar-refractivity contribution is 6.35. The van der Waals surface area contributed by atoms with E-state index in [2.05, 4.69) is 9.97 Å². The van der Waals surface area contributed by atoms with Crippen LogP contribution in [0, 0.1) is 13.8 Å². The Morgan fingerprint density at radius 1 is 1.10 bits per heavy atom. The minimum absolute atomic E-state index is 0.606. The zero-order valence-corrected chi connectivity index (χ0v) is 13.8. The number of nitrogens with zero attached hydrogens (tertiary/aromatic N) is 2. The van der Waals surface area contributed by atoms with Crippen LogP contribution in [0.25, 0.3) is 0 Å². The van der Waals surface area contributed by atoms with Gasteiger partial charge < -0.3 is 5.73 Å². The van der Waals surface area contributed by atoms with Crippen LogP contribution in [0.5, 0.6) is 0 Å². The maximum atomic E-state index is 6.20. The molecule has 1 aromatic heterocycles. The van der Waals surface area contributed by atoms with Gasteiger partial charge in [0.05, 0.1) is 0 Å². The van der Waals surface area contributed by atoms with Gasteiger partial charge in [-0.05, 0) is 56.5 Å². The normalized spacial score (nSPS) is 10.9. The van der Waals surface area contributed by atoms with E-state index in [9.17, 15) is 0 Å². The summed E-state index contributed by atoms with van der Waals surface area (Å²) < 4.78 is 0. The molecule has 112 valence electrons. The first-order valence-electron chi connectivity index (χ1n) is 6.98. The summed E-state index contributed by atoms with van der Waals surface area (Å²) in [6, 6.07) is 5.49. The SMILES string of the molecule is Cc1nc(Cc2ccc(Cl)cc2Cl)nc(C)c1CCCN. The molecule has 0 saturated carbocycles. The number of aryl methyl sites for hydroxylation is 2. The third kappa shape index (κ3) is 4.16. The van der Waals surface area contributed by atoms with Crippen molar-refractivity contribution >= 4 is 23.2 Å². The molecular weight excluding hydrogens is 305 g/mol. The highest BCUT2D eigenvalue weighted by Gasteiger charge is 2.10. The van der Waals surface area contributed by atoms with Gasteiger partial charge in [0.1, 0.15) is 5.82 Å². The molecule has 21 heavy (non-hydrogen) atoms. The lowest BCUT2D eigenvalue weighted by Crippen LogP contribution is -2.08.